The molecule has 0 saturated carbocycles. The number of hydrogen-bond donors (Lipinski definition) is 2. The van der Waals surface area contributed by atoms with Crippen molar-refractivity contribution < 1.29 is 13.9 Å². The molecule has 2 heterocycles. The van der Waals surface area contributed by atoms with Gasteiger partial charge in [0, 0.05) is 16.4 Å². The van der Waals surface area contributed by atoms with Crippen molar-refractivity contribution in [2.45, 2.75) is 6.17 Å². The molecule has 2 aromatic carbocycles. The van der Waals surface area contributed by atoms with E-state index in [4.69, 9.17) is 26.5 Å². The molecular weight excluding hydrogens is 380 g/mol. The van der Waals surface area contributed by atoms with Crippen molar-refractivity contribution in [2.75, 3.05) is 17.3 Å². The maximum absolute atomic E-state index is 13.0. The van der Waals surface area contributed by atoms with Crippen LogP contribution >= 0.6 is 11.6 Å². The molecule has 1 amide bonds. The smallest absolute Gasteiger partial charge is 0.270 e. The SMILES string of the molecule is COc1ccc(N2C(N)=c3ccoc3=NC2C(=O)Nc2ccc(Cl)cc2)cc1. The third-order valence-corrected chi connectivity index (χ3v) is 4.61. The Labute approximate surface area is 165 Å². The Kier molecular flexibility index (Phi) is 4.67. The van der Waals surface area contributed by atoms with Gasteiger partial charge in [0.2, 0.25) is 11.7 Å². The number of fused-ring (bicyclic) bond motifs is 1. The first-order valence-corrected chi connectivity index (χ1v) is 8.85. The molecule has 1 aliphatic heterocycles. The summed E-state index contributed by atoms with van der Waals surface area (Å²) in [6, 6.07) is 15.8. The van der Waals surface area contributed by atoms with Crippen LogP contribution in [-0.2, 0) is 4.79 Å². The number of nitrogens with one attached hydrogen (secondary N) is 1. The normalized spacial score (nSPS) is 15.6. The lowest BCUT2D eigenvalue weighted by Gasteiger charge is -2.31. The zero-order valence-corrected chi connectivity index (χ0v) is 15.7. The summed E-state index contributed by atoms with van der Waals surface area (Å²) in [5, 5.41) is 4.05. The minimum Gasteiger partial charge on any atom is -0.497 e. The van der Waals surface area contributed by atoms with Crippen LogP contribution in [0.4, 0.5) is 11.4 Å². The zero-order valence-electron chi connectivity index (χ0n) is 14.9. The van der Waals surface area contributed by atoms with Crippen molar-refractivity contribution in [3.05, 3.63) is 76.7 Å². The van der Waals surface area contributed by atoms with Gasteiger partial charge in [-0.25, -0.2) is 4.99 Å². The van der Waals surface area contributed by atoms with Gasteiger partial charge in [0.25, 0.3) is 5.91 Å². The van der Waals surface area contributed by atoms with Crippen LogP contribution in [0.25, 0.3) is 5.82 Å². The molecule has 0 radical (unpaired) electrons. The number of furan rings is 1. The molecule has 8 heteroatoms. The Morgan fingerprint density at radius 2 is 1.89 bits per heavy atom. The predicted molar refractivity (Wildman–Crippen MR) is 106 cm³/mol. The van der Waals surface area contributed by atoms with E-state index in [2.05, 4.69) is 10.3 Å². The van der Waals surface area contributed by atoms with Gasteiger partial charge >= 0.3 is 0 Å². The minimum absolute atomic E-state index is 0.318. The lowest BCUT2D eigenvalue weighted by molar-refractivity contribution is -0.117. The number of ether oxygens (including phenoxy) is 1. The molecule has 0 spiro atoms. The van der Waals surface area contributed by atoms with Crippen molar-refractivity contribution in [1.82, 2.24) is 0 Å². The van der Waals surface area contributed by atoms with E-state index in [1.54, 1.807) is 54.5 Å². The first kappa shape index (κ1) is 17.9. The van der Waals surface area contributed by atoms with Gasteiger partial charge < -0.3 is 20.2 Å². The van der Waals surface area contributed by atoms with Gasteiger partial charge in [0.15, 0.2) is 0 Å². The van der Waals surface area contributed by atoms with Crippen molar-refractivity contribution in [2.24, 2.45) is 10.7 Å². The summed E-state index contributed by atoms with van der Waals surface area (Å²) in [5.41, 5.74) is 7.99. The maximum Gasteiger partial charge on any atom is 0.270 e. The highest BCUT2D eigenvalue weighted by Crippen LogP contribution is 2.25. The molecule has 0 fully saturated rings. The number of rotatable bonds is 4. The monoisotopic (exact) mass is 396 g/mol. The number of amides is 1. The summed E-state index contributed by atoms with van der Waals surface area (Å²) in [5.74, 6) is 0.714. The molecule has 28 heavy (non-hydrogen) atoms. The summed E-state index contributed by atoms with van der Waals surface area (Å²) < 4.78 is 10.6. The molecule has 3 N–H and O–H groups in total. The Morgan fingerprint density at radius 1 is 1.18 bits per heavy atom. The lowest BCUT2D eigenvalue weighted by Crippen LogP contribution is -2.52. The zero-order chi connectivity index (χ0) is 19.7. The van der Waals surface area contributed by atoms with Crippen LogP contribution in [0, 0.1) is 0 Å². The Morgan fingerprint density at radius 3 is 2.57 bits per heavy atom. The molecule has 0 bridgehead atoms. The van der Waals surface area contributed by atoms with Gasteiger partial charge in [-0.05, 0) is 54.6 Å². The number of carbonyl (C=O) groups excluding carboxylic acids is 1. The van der Waals surface area contributed by atoms with E-state index in [0.717, 1.165) is 0 Å². The van der Waals surface area contributed by atoms with Crippen molar-refractivity contribution in [1.29, 1.82) is 0 Å². The average molecular weight is 397 g/mol. The Hall–Kier alpha value is -3.45. The van der Waals surface area contributed by atoms with Crippen LogP contribution < -0.4 is 31.5 Å². The molecule has 142 valence electrons. The van der Waals surface area contributed by atoms with Gasteiger partial charge in [-0.3, -0.25) is 9.69 Å². The highest BCUT2D eigenvalue weighted by Gasteiger charge is 2.31. The molecule has 0 aliphatic carbocycles. The maximum atomic E-state index is 13.0. The van der Waals surface area contributed by atoms with Crippen LogP contribution in [0.15, 0.2) is 70.3 Å². The number of methoxy groups -OCH3 is 1. The number of carbonyl (C=O) groups is 1. The highest BCUT2D eigenvalue weighted by molar-refractivity contribution is 6.30. The molecule has 1 aromatic heterocycles. The molecular formula is C20H17ClN4O3. The van der Waals surface area contributed by atoms with E-state index in [0.29, 0.717) is 38.7 Å². The number of nitrogens with two attached hydrogens (primary N) is 1. The second kappa shape index (κ2) is 7.28. The number of nitrogens with zero attached hydrogens (tertiary/aromatic N) is 2. The molecule has 3 aromatic rings. The van der Waals surface area contributed by atoms with Crippen molar-refractivity contribution >= 4 is 34.7 Å². The fourth-order valence-corrected chi connectivity index (χ4v) is 3.09. The molecule has 1 aliphatic rings. The second-order valence-corrected chi connectivity index (χ2v) is 6.53. The van der Waals surface area contributed by atoms with Gasteiger partial charge in [-0.2, -0.15) is 0 Å². The third-order valence-electron chi connectivity index (χ3n) is 4.36. The van der Waals surface area contributed by atoms with Crippen LogP contribution in [0.2, 0.25) is 5.02 Å². The minimum atomic E-state index is -0.942. The summed E-state index contributed by atoms with van der Waals surface area (Å²) in [7, 11) is 1.59. The molecule has 1 unspecified atom stereocenters. The average Bonchev–Trinajstić information content (AvgIpc) is 3.19. The third kappa shape index (κ3) is 3.27. The molecule has 4 rings (SSSR count). The second-order valence-electron chi connectivity index (χ2n) is 6.09. The van der Waals surface area contributed by atoms with E-state index in [-0.39, 0.29) is 5.91 Å². The van der Waals surface area contributed by atoms with Crippen molar-refractivity contribution in [3.63, 3.8) is 0 Å². The number of anilines is 2. The fraction of sp³-hybridized carbons (Fsp3) is 0.100. The number of halogens is 1. The number of benzene rings is 2. The van der Waals surface area contributed by atoms with Crippen LogP contribution in [0.5, 0.6) is 5.75 Å². The summed E-state index contributed by atoms with van der Waals surface area (Å²) in [4.78, 5) is 19.1. The van der Waals surface area contributed by atoms with Gasteiger partial charge in [-0.1, -0.05) is 11.6 Å². The largest absolute Gasteiger partial charge is 0.497 e. The van der Waals surface area contributed by atoms with Gasteiger partial charge in [0.05, 0.1) is 18.6 Å². The van der Waals surface area contributed by atoms with Gasteiger partial charge in [0.1, 0.15) is 11.6 Å². The van der Waals surface area contributed by atoms with E-state index in [1.165, 1.54) is 6.26 Å². The van der Waals surface area contributed by atoms with Crippen molar-refractivity contribution in [3.8, 4) is 5.75 Å². The predicted octanol–water partition coefficient (Wildman–Crippen LogP) is 2.07. The van der Waals surface area contributed by atoms with E-state index >= 15 is 0 Å². The first-order valence-electron chi connectivity index (χ1n) is 8.47. The van der Waals surface area contributed by atoms with Gasteiger partial charge in [-0.15, -0.1) is 0 Å². The summed E-state index contributed by atoms with van der Waals surface area (Å²) in [6.07, 6.45) is 0.551. The standard InChI is InChI=1S/C20H17ClN4O3/c1-27-15-8-6-14(7-9-15)25-17(22)16-10-11-28-20(16)24-18(25)19(26)23-13-4-2-12(21)3-5-13/h2-11,18H,22H2,1H3,(H,23,26). The van der Waals surface area contributed by atoms with Crippen LogP contribution in [-0.4, -0.2) is 19.2 Å². The van der Waals surface area contributed by atoms with Crippen LogP contribution in [0.3, 0.4) is 0 Å². The molecule has 1 atom stereocenters. The fourth-order valence-electron chi connectivity index (χ4n) is 2.97. The highest BCUT2D eigenvalue weighted by atomic mass is 35.5. The lowest BCUT2D eigenvalue weighted by atomic mass is 10.2. The summed E-state index contributed by atoms with van der Waals surface area (Å²) >= 11 is 5.91. The first-order chi connectivity index (χ1) is 13.6. The van der Waals surface area contributed by atoms with E-state index in [1.807, 2.05) is 12.1 Å². The molecule has 7 nitrogen and oxygen atoms in total. The van der Waals surface area contributed by atoms with E-state index in [9.17, 15) is 4.79 Å². The Balaban J connectivity index is 1.74. The van der Waals surface area contributed by atoms with Crippen LogP contribution in [0.1, 0.15) is 0 Å². The van der Waals surface area contributed by atoms with E-state index < -0.39 is 6.17 Å². The topological polar surface area (TPSA) is 93.1 Å². The molecule has 0 saturated heterocycles. The summed E-state index contributed by atoms with van der Waals surface area (Å²) in [6.45, 7) is 0. The Bertz CT molecular complexity index is 1120. The number of hydrogen-bond acceptors (Lipinski definition) is 6. The quantitative estimate of drug-likeness (QED) is 0.704.